The Morgan fingerprint density at radius 1 is 1.03 bits per heavy atom. The largest absolute Gasteiger partial charge is 0.405 e. The van der Waals surface area contributed by atoms with Crippen LogP contribution in [0.3, 0.4) is 0 Å². The van der Waals surface area contributed by atoms with Gasteiger partial charge in [0.05, 0.1) is 11.5 Å². The van der Waals surface area contributed by atoms with Crippen LogP contribution >= 0.6 is 15.9 Å². The standard InChI is InChI=1S/C24H22BrF7N2O2/c1-12-8-16(9-13(2)20(12)26)18(24(30,31)32)7-5-15-4-6-17(19(25)10-15)22(36)34-14(3)21(35)33-11-23(27,28)29/h4-10,14,18H,11H2,1-3H3,(H,33,35)(H,34,36). The highest BCUT2D eigenvalue weighted by Crippen LogP contribution is 2.37. The molecule has 2 unspecified atom stereocenters. The second-order valence-corrected chi connectivity index (χ2v) is 8.97. The molecule has 0 saturated heterocycles. The molecule has 196 valence electrons. The van der Waals surface area contributed by atoms with Crippen molar-refractivity contribution in [3.8, 4) is 0 Å². The van der Waals surface area contributed by atoms with Crippen LogP contribution < -0.4 is 10.6 Å². The summed E-state index contributed by atoms with van der Waals surface area (Å²) in [7, 11) is 0. The first-order chi connectivity index (χ1) is 16.5. The lowest BCUT2D eigenvalue weighted by Gasteiger charge is -2.19. The van der Waals surface area contributed by atoms with Crippen LogP contribution in [-0.4, -0.2) is 36.8 Å². The molecule has 2 aromatic carbocycles. The Labute approximate surface area is 211 Å². The van der Waals surface area contributed by atoms with Crippen LogP contribution in [0.2, 0.25) is 0 Å². The van der Waals surface area contributed by atoms with Crippen LogP contribution in [0.25, 0.3) is 6.08 Å². The lowest BCUT2D eigenvalue weighted by atomic mass is 9.93. The molecule has 2 aromatic rings. The summed E-state index contributed by atoms with van der Waals surface area (Å²) in [5.74, 6) is -4.40. The van der Waals surface area contributed by atoms with Crippen LogP contribution in [0.1, 0.15) is 45.5 Å². The minimum absolute atomic E-state index is 0.0137. The number of nitrogens with one attached hydrogen (secondary N) is 2. The zero-order valence-corrected chi connectivity index (χ0v) is 20.8. The van der Waals surface area contributed by atoms with E-state index in [2.05, 4.69) is 21.2 Å². The lowest BCUT2D eigenvalue weighted by Crippen LogP contribution is -2.47. The molecule has 0 spiro atoms. The van der Waals surface area contributed by atoms with Crippen molar-refractivity contribution in [3.05, 3.63) is 74.5 Å². The highest BCUT2D eigenvalue weighted by molar-refractivity contribution is 9.10. The van der Waals surface area contributed by atoms with E-state index in [1.165, 1.54) is 45.0 Å². The molecule has 0 aliphatic rings. The van der Waals surface area contributed by atoms with E-state index in [9.17, 15) is 40.3 Å². The van der Waals surface area contributed by atoms with Gasteiger partial charge >= 0.3 is 12.4 Å². The minimum atomic E-state index is -4.65. The molecule has 2 atom stereocenters. The molecule has 0 saturated carbocycles. The van der Waals surface area contributed by atoms with Crippen molar-refractivity contribution in [1.29, 1.82) is 0 Å². The van der Waals surface area contributed by atoms with Crippen molar-refractivity contribution in [2.45, 2.75) is 45.1 Å². The summed E-state index contributed by atoms with van der Waals surface area (Å²) >= 11 is 3.14. The highest BCUT2D eigenvalue weighted by atomic mass is 79.9. The van der Waals surface area contributed by atoms with E-state index in [1.54, 1.807) is 5.32 Å². The third-order valence-electron chi connectivity index (χ3n) is 5.09. The average Bonchev–Trinajstić information content (AvgIpc) is 2.74. The van der Waals surface area contributed by atoms with Gasteiger partial charge in [-0.3, -0.25) is 9.59 Å². The minimum Gasteiger partial charge on any atom is -0.345 e. The summed E-state index contributed by atoms with van der Waals surface area (Å²) in [6.45, 7) is 2.41. The van der Waals surface area contributed by atoms with E-state index >= 15 is 0 Å². The molecular weight excluding hydrogens is 561 g/mol. The van der Waals surface area contributed by atoms with E-state index in [-0.39, 0.29) is 26.7 Å². The van der Waals surface area contributed by atoms with E-state index in [4.69, 9.17) is 0 Å². The Hall–Kier alpha value is -2.89. The van der Waals surface area contributed by atoms with Gasteiger partial charge in [0, 0.05) is 4.47 Å². The van der Waals surface area contributed by atoms with Gasteiger partial charge in [-0.15, -0.1) is 0 Å². The van der Waals surface area contributed by atoms with Crippen LogP contribution in [0.15, 0.2) is 40.9 Å². The third kappa shape index (κ3) is 8.07. The molecule has 4 nitrogen and oxygen atoms in total. The Morgan fingerprint density at radius 2 is 1.61 bits per heavy atom. The first kappa shape index (κ1) is 29.3. The van der Waals surface area contributed by atoms with E-state index < -0.39 is 48.5 Å². The van der Waals surface area contributed by atoms with Crippen molar-refractivity contribution in [1.82, 2.24) is 10.6 Å². The molecule has 0 aliphatic carbocycles. The van der Waals surface area contributed by atoms with Crippen LogP contribution in [-0.2, 0) is 4.79 Å². The zero-order chi connectivity index (χ0) is 27.4. The molecule has 0 radical (unpaired) electrons. The molecule has 2 rings (SSSR count). The fourth-order valence-corrected chi connectivity index (χ4v) is 3.85. The van der Waals surface area contributed by atoms with Gasteiger partial charge < -0.3 is 10.6 Å². The molecule has 0 heterocycles. The average molecular weight is 583 g/mol. The Bertz CT molecular complexity index is 1140. The Morgan fingerprint density at radius 3 is 2.11 bits per heavy atom. The predicted octanol–water partition coefficient (Wildman–Crippen LogP) is 6.36. The Kier molecular flexibility index (Phi) is 9.33. The van der Waals surface area contributed by atoms with Gasteiger partial charge in [-0.05, 0) is 71.1 Å². The van der Waals surface area contributed by atoms with Crippen molar-refractivity contribution >= 4 is 33.8 Å². The first-order valence-corrected chi connectivity index (χ1v) is 11.3. The monoisotopic (exact) mass is 582 g/mol. The zero-order valence-electron chi connectivity index (χ0n) is 19.2. The quantitative estimate of drug-likeness (QED) is 0.373. The smallest absolute Gasteiger partial charge is 0.345 e. The van der Waals surface area contributed by atoms with E-state index in [0.717, 1.165) is 18.2 Å². The number of hydrogen-bond donors (Lipinski definition) is 2. The summed E-state index contributed by atoms with van der Waals surface area (Å²) in [6, 6.07) is 5.02. The number of benzene rings is 2. The second kappa shape index (κ2) is 11.4. The number of amides is 2. The molecule has 0 aromatic heterocycles. The molecule has 2 N–H and O–H groups in total. The maximum atomic E-state index is 13.9. The van der Waals surface area contributed by atoms with E-state index in [1.807, 2.05) is 0 Å². The molecule has 0 bridgehead atoms. The Balaban J connectivity index is 2.19. The van der Waals surface area contributed by atoms with Gasteiger partial charge in [-0.2, -0.15) is 26.3 Å². The number of aryl methyl sites for hydroxylation is 2. The van der Waals surface area contributed by atoms with Gasteiger partial charge in [0.2, 0.25) is 5.91 Å². The second-order valence-electron chi connectivity index (χ2n) is 8.11. The molecule has 2 amide bonds. The number of allylic oxidation sites excluding steroid dienone is 1. The topological polar surface area (TPSA) is 58.2 Å². The summed E-state index contributed by atoms with van der Waals surface area (Å²) < 4.78 is 91.9. The van der Waals surface area contributed by atoms with Crippen molar-refractivity contribution < 1.29 is 40.3 Å². The predicted molar refractivity (Wildman–Crippen MR) is 124 cm³/mol. The molecule has 0 fully saturated rings. The fourth-order valence-electron chi connectivity index (χ4n) is 3.28. The number of halogens is 8. The van der Waals surface area contributed by atoms with Gasteiger partial charge in [-0.1, -0.05) is 30.4 Å². The van der Waals surface area contributed by atoms with Gasteiger partial charge in [0.15, 0.2) is 0 Å². The van der Waals surface area contributed by atoms with Gasteiger partial charge in [0.25, 0.3) is 5.91 Å². The number of carbonyl (C=O) groups excluding carboxylic acids is 2. The van der Waals surface area contributed by atoms with Crippen LogP contribution in [0.5, 0.6) is 0 Å². The van der Waals surface area contributed by atoms with Crippen LogP contribution in [0, 0.1) is 19.7 Å². The summed E-state index contributed by atoms with van der Waals surface area (Å²) in [5, 5.41) is 3.91. The normalized spacial score (nSPS) is 14.0. The van der Waals surface area contributed by atoms with Crippen LogP contribution in [0.4, 0.5) is 30.7 Å². The summed E-state index contributed by atoms with van der Waals surface area (Å²) in [6.07, 6.45) is -7.13. The lowest BCUT2D eigenvalue weighted by molar-refractivity contribution is -0.139. The van der Waals surface area contributed by atoms with Gasteiger partial charge in [0.1, 0.15) is 18.4 Å². The fraction of sp³-hybridized carbons (Fsp3) is 0.333. The number of rotatable bonds is 7. The maximum Gasteiger partial charge on any atom is 0.405 e. The number of carbonyl (C=O) groups is 2. The number of alkyl halides is 6. The van der Waals surface area contributed by atoms with Crippen molar-refractivity contribution in [3.63, 3.8) is 0 Å². The summed E-state index contributed by atoms with van der Waals surface area (Å²) in [4.78, 5) is 24.2. The van der Waals surface area contributed by atoms with E-state index in [0.29, 0.717) is 5.56 Å². The van der Waals surface area contributed by atoms with Gasteiger partial charge in [-0.25, -0.2) is 4.39 Å². The SMILES string of the molecule is Cc1cc(C(C=Cc2ccc(C(=O)NC(C)C(=O)NCC(F)(F)F)c(Br)c2)C(F)(F)F)cc(C)c1F. The van der Waals surface area contributed by atoms with Crippen molar-refractivity contribution in [2.24, 2.45) is 0 Å². The molecule has 36 heavy (non-hydrogen) atoms. The number of hydrogen-bond acceptors (Lipinski definition) is 2. The third-order valence-corrected chi connectivity index (χ3v) is 5.75. The summed E-state index contributed by atoms with van der Waals surface area (Å²) in [5.41, 5.74) is 0.376. The van der Waals surface area contributed by atoms with Crippen molar-refractivity contribution in [2.75, 3.05) is 6.54 Å². The maximum absolute atomic E-state index is 13.9. The molecule has 0 aliphatic heterocycles. The molecular formula is C24H22BrF7N2O2. The highest BCUT2D eigenvalue weighted by Gasteiger charge is 2.39. The first-order valence-electron chi connectivity index (χ1n) is 10.5. The molecule has 12 heteroatoms.